The van der Waals surface area contributed by atoms with Gasteiger partial charge in [0.05, 0.1) is 21.4 Å². The van der Waals surface area contributed by atoms with Crippen molar-refractivity contribution in [3.8, 4) is 11.6 Å². The Morgan fingerprint density at radius 1 is 1.14 bits per heavy atom. The van der Waals surface area contributed by atoms with Gasteiger partial charge in [0.15, 0.2) is 4.88 Å². The number of carbonyl (C=O) groups excluding carboxylic acids is 1. The van der Waals surface area contributed by atoms with Crippen LogP contribution < -0.4 is 14.5 Å². The van der Waals surface area contributed by atoms with Gasteiger partial charge in [-0.2, -0.15) is 0 Å². The van der Waals surface area contributed by atoms with Crippen molar-refractivity contribution in [2.24, 2.45) is 0 Å². The van der Waals surface area contributed by atoms with Crippen molar-refractivity contribution >= 4 is 51.8 Å². The van der Waals surface area contributed by atoms with Gasteiger partial charge in [-0.1, -0.05) is 35.3 Å². The minimum absolute atomic E-state index is 0.140. The van der Waals surface area contributed by atoms with Crippen LogP contribution in [-0.2, 0) is 0 Å². The van der Waals surface area contributed by atoms with E-state index in [-0.39, 0.29) is 11.8 Å². The summed E-state index contributed by atoms with van der Waals surface area (Å²) in [5, 5.41) is 1.63. The van der Waals surface area contributed by atoms with Gasteiger partial charge in [-0.25, -0.2) is 4.98 Å². The van der Waals surface area contributed by atoms with E-state index < -0.39 is 0 Å². The molecule has 0 bridgehead atoms. The predicted octanol–water partition coefficient (Wildman–Crippen LogP) is 5.65. The van der Waals surface area contributed by atoms with Crippen molar-refractivity contribution in [1.82, 2.24) is 4.98 Å². The highest BCUT2D eigenvalue weighted by Crippen LogP contribution is 2.38. The number of aromatic nitrogens is 1. The quantitative estimate of drug-likeness (QED) is 0.535. The molecule has 2 aromatic carbocycles. The molecular weight excluding hydrogens is 417 g/mol. The van der Waals surface area contributed by atoms with Crippen LogP contribution in [0.5, 0.6) is 11.6 Å². The molecule has 0 fully saturated rings. The highest BCUT2D eigenvalue weighted by Gasteiger charge is 2.30. The third-order valence-corrected chi connectivity index (χ3v) is 5.97. The molecule has 0 saturated carbocycles. The molecule has 5 nitrogen and oxygen atoms in total. The number of rotatable bonds is 3. The summed E-state index contributed by atoms with van der Waals surface area (Å²) in [6, 6.07) is 12.8. The first-order valence-electron chi connectivity index (χ1n) is 8.66. The molecule has 0 N–H and O–H groups in total. The van der Waals surface area contributed by atoms with Gasteiger partial charge >= 0.3 is 0 Å². The molecule has 1 amide bonds. The summed E-state index contributed by atoms with van der Waals surface area (Å²) in [6.45, 7) is 3.17. The first kappa shape index (κ1) is 19.1. The number of benzene rings is 2. The third-order valence-electron chi connectivity index (χ3n) is 4.49. The molecule has 3 aromatic rings. The van der Waals surface area contributed by atoms with Crippen LogP contribution >= 0.6 is 34.5 Å². The van der Waals surface area contributed by atoms with Crippen LogP contribution in [0.2, 0.25) is 10.0 Å². The van der Waals surface area contributed by atoms with Crippen LogP contribution in [0, 0.1) is 6.92 Å². The fraction of sp³-hybridized carbons (Fsp3) is 0.200. The number of thiazole rings is 1. The van der Waals surface area contributed by atoms with Crippen LogP contribution in [0.1, 0.15) is 14.7 Å². The van der Waals surface area contributed by atoms with E-state index in [0.717, 1.165) is 22.9 Å². The molecule has 0 unspecified atom stereocenters. The summed E-state index contributed by atoms with van der Waals surface area (Å²) in [7, 11) is 2.02. The molecule has 0 saturated heterocycles. The Morgan fingerprint density at radius 3 is 2.68 bits per heavy atom. The summed E-state index contributed by atoms with van der Waals surface area (Å²) >= 11 is 13.6. The second kappa shape index (κ2) is 7.62. The van der Waals surface area contributed by atoms with Gasteiger partial charge < -0.3 is 14.5 Å². The zero-order valence-electron chi connectivity index (χ0n) is 15.3. The summed E-state index contributed by atoms with van der Waals surface area (Å²) in [4.78, 5) is 22.1. The monoisotopic (exact) mass is 433 g/mol. The Bertz CT molecular complexity index is 1050. The molecule has 0 atom stereocenters. The van der Waals surface area contributed by atoms with Crippen molar-refractivity contribution < 1.29 is 9.53 Å². The van der Waals surface area contributed by atoms with Gasteiger partial charge in [-0.3, -0.25) is 4.79 Å². The summed E-state index contributed by atoms with van der Waals surface area (Å²) in [6.07, 6.45) is 0. The molecule has 144 valence electrons. The largest absolute Gasteiger partial charge is 0.436 e. The minimum atomic E-state index is -0.140. The van der Waals surface area contributed by atoms with Crippen molar-refractivity contribution in [2.75, 3.05) is 29.9 Å². The van der Waals surface area contributed by atoms with Gasteiger partial charge in [0.1, 0.15) is 5.75 Å². The van der Waals surface area contributed by atoms with Gasteiger partial charge in [-0.15, -0.1) is 11.3 Å². The normalized spacial score (nSPS) is 13.4. The van der Waals surface area contributed by atoms with Crippen molar-refractivity contribution in [3.05, 3.63) is 62.4 Å². The lowest BCUT2D eigenvalue weighted by Gasteiger charge is -2.35. The number of likely N-dealkylation sites (N-methyl/N-ethyl adjacent to an activating group) is 1. The van der Waals surface area contributed by atoms with Gasteiger partial charge in [-0.05, 0) is 31.2 Å². The number of amides is 1. The Hall–Kier alpha value is -2.28. The average Bonchev–Trinajstić information content (AvgIpc) is 3.05. The van der Waals surface area contributed by atoms with Crippen LogP contribution in [0.4, 0.5) is 11.4 Å². The van der Waals surface area contributed by atoms with E-state index in [0.29, 0.717) is 27.2 Å². The fourth-order valence-electron chi connectivity index (χ4n) is 3.11. The summed E-state index contributed by atoms with van der Waals surface area (Å²) in [5.74, 6) is 0.472. The van der Waals surface area contributed by atoms with E-state index in [4.69, 9.17) is 27.9 Å². The van der Waals surface area contributed by atoms with E-state index in [1.54, 1.807) is 23.1 Å². The highest BCUT2D eigenvalue weighted by molar-refractivity contribution is 7.14. The van der Waals surface area contributed by atoms with E-state index in [1.165, 1.54) is 11.3 Å². The molecule has 4 rings (SSSR count). The predicted molar refractivity (Wildman–Crippen MR) is 115 cm³/mol. The molecule has 8 heteroatoms. The van der Waals surface area contributed by atoms with Gasteiger partial charge in [0.25, 0.3) is 5.91 Å². The smallest absolute Gasteiger partial charge is 0.274 e. The van der Waals surface area contributed by atoms with Crippen LogP contribution in [0.15, 0.2) is 42.5 Å². The molecule has 0 spiro atoms. The maximum absolute atomic E-state index is 13.4. The first-order valence-corrected chi connectivity index (χ1v) is 10.2. The molecule has 1 aliphatic rings. The Morgan fingerprint density at radius 2 is 1.89 bits per heavy atom. The number of hydrogen-bond donors (Lipinski definition) is 0. The topological polar surface area (TPSA) is 45.7 Å². The number of fused-ring (bicyclic) bond motifs is 1. The van der Waals surface area contributed by atoms with Crippen molar-refractivity contribution in [3.63, 3.8) is 0 Å². The number of anilines is 2. The van der Waals surface area contributed by atoms with Crippen LogP contribution in [0.25, 0.3) is 0 Å². The highest BCUT2D eigenvalue weighted by atomic mass is 35.5. The van der Waals surface area contributed by atoms with E-state index in [2.05, 4.69) is 9.88 Å². The molecule has 0 radical (unpaired) electrons. The second-order valence-corrected chi connectivity index (χ2v) is 8.46. The SMILES string of the molecule is Cc1nc(Oc2cc(Cl)ccc2Cl)c(C(=O)N2CCN(C)c3ccccc32)s1. The molecule has 28 heavy (non-hydrogen) atoms. The van der Waals surface area contributed by atoms with E-state index in [1.807, 2.05) is 38.2 Å². The number of carbonyl (C=O) groups is 1. The van der Waals surface area contributed by atoms with Crippen molar-refractivity contribution in [1.29, 1.82) is 0 Å². The summed E-state index contributed by atoms with van der Waals surface area (Å²) in [5.41, 5.74) is 1.89. The molecule has 1 aliphatic heterocycles. The lowest BCUT2D eigenvalue weighted by atomic mass is 10.1. The Kier molecular flexibility index (Phi) is 5.19. The lowest BCUT2D eigenvalue weighted by Crippen LogP contribution is -2.42. The molecule has 2 heterocycles. The standard InChI is InChI=1S/C20H17Cl2N3O2S/c1-12-23-19(27-17-11-13(21)7-8-14(17)22)18(28-12)20(26)25-10-9-24(2)15-5-3-4-6-16(15)25/h3-8,11H,9-10H2,1-2H3. The van der Waals surface area contributed by atoms with E-state index >= 15 is 0 Å². The number of aryl methyl sites for hydroxylation is 1. The zero-order chi connectivity index (χ0) is 19.8. The maximum Gasteiger partial charge on any atom is 0.274 e. The minimum Gasteiger partial charge on any atom is -0.436 e. The van der Waals surface area contributed by atoms with Crippen LogP contribution in [-0.4, -0.2) is 31.0 Å². The maximum atomic E-state index is 13.4. The fourth-order valence-corrected chi connectivity index (χ4v) is 4.23. The number of halogens is 2. The van der Waals surface area contributed by atoms with E-state index in [9.17, 15) is 4.79 Å². The second-order valence-electron chi connectivity index (χ2n) is 6.41. The number of ether oxygens (including phenoxy) is 1. The van der Waals surface area contributed by atoms with Gasteiger partial charge in [0, 0.05) is 31.2 Å². The molecule has 0 aliphatic carbocycles. The van der Waals surface area contributed by atoms with Gasteiger partial charge in [0.2, 0.25) is 5.88 Å². The zero-order valence-corrected chi connectivity index (χ0v) is 17.6. The number of hydrogen-bond acceptors (Lipinski definition) is 5. The number of nitrogens with zero attached hydrogens (tertiary/aromatic N) is 3. The number of para-hydroxylation sites is 2. The summed E-state index contributed by atoms with van der Waals surface area (Å²) < 4.78 is 5.89. The first-order chi connectivity index (χ1) is 13.4. The van der Waals surface area contributed by atoms with Crippen LogP contribution in [0.3, 0.4) is 0 Å². The molecular formula is C20H17Cl2N3O2S. The lowest BCUT2D eigenvalue weighted by molar-refractivity contribution is 0.0988. The molecule has 1 aromatic heterocycles. The van der Waals surface area contributed by atoms with Crippen molar-refractivity contribution in [2.45, 2.75) is 6.92 Å². The Labute approximate surface area is 177 Å². The Balaban J connectivity index is 1.70. The average molecular weight is 434 g/mol. The third kappa shape index (κ3) is 3.55.